The molecule has 0 N–H and O–H groups in total. The van der Waals surface area contributed by atoms with Gasteiger partial charge in [0.2, 0.25) is 0 Å². The molecular weight excluding hydrogens is 360 g/mol. The minimum Gasteiger partial charge on any atom is -0.272 e. The lowest BCUT2D eigenvalue weighted by atomic mass is 9.79. The molecular formula is C18H17ClN2OS2. The number of alkyl halides is 1. The molecule has 0 radical (unpaired) electrons. The maximum atomic E-state index is 12.4. The van der Waals surface area contributed by atoms with Gasteiger partial charge in [0, 0.05) is 15.7 Å². The van der Waals surface area contributed by atoms with Gasteiger partial charge in [-0.1, -0.05) is 12.1 Å². The van der Waals surface area contributed by atoms with Crippen molar-refractivity contribution in [3.05, 3.63) is 50.4 Å². The maximum Gasteiger partial charge on any atom is 0.258 e. The summed E-state index contributed by atoms with van der Waals surface area (Å²) in [6, 6.07) is 8.31. The fourth-order valence-corrected chi connectivity index (χ4v) is 5.23. The number of nitrogens with zero attached hydrogens (tertiary/aromatic N) is 2. The van der Waals surface area contributed by atoms with E-state index in [1.54, 1.807) is 27.7 Å². The van der Waals surface area contributed by atoms with Gasteiger partial charge in [-0.25, -0.2) is 5.01 Å². The first kappa shape index (κ1) is 16.1. The highest BCUT2D eigenvalue weighted by molar-refractivity contribution is 7.11. The Balaban J connectivity index is 1.74. The van der Waals surface area contributed by atoms with Crippen LogP contribution in [0.3, 0.4) is 0 Å². The zero-order valence-electron chi connectivity index (χ0n) is 13.0. The van der Waals surface area contributed by atoms with E-state index >= 15 is 0 Å². The van der Waals surface area contributed by atoms with Crippen molar-refractivity contribution >= 4 is 52.0 Å². The molecule has 0 unspecified atom stereocenters. The Bertz CT molecular complexity index is 780. The molecule has 1 aliphatic heterocycles. The standard InChI is InChI=1S/C18H17ClN2OS2/c19-11-16(22)21-18(15-7-3-9-24-15)14-6-1-4-12(17(14)20-21)10-13-5-2-8-23-13/h2-3,5,7-10,14,18H,1,4,6,11H2/b12-10-/t14-,18-/m1/s1. The first-order valence-electron chi connectivity index (χ1n) is 8.02. The molecule has 3 heterocycles. The molecule has 0 aromatic carbocycles. The topological polar surface area (TPSA) is 32.7 Å². The predicted molar refractivity (Wildman–Crippen MR) is 102 cm³/mol. The number of hydrogen-bond acceptors (Lipinski definition) is 4. The fourth-order valence-electron chi connectivity index (χ4n) is 3.55. The summed E-state index contributed by atoms with van der Waals surface area (Å²) < 4.78 is 0. The van der Waals surface area contributed by atoms with Crippen LogP contribution >= 0.6 is 34.3 Å². The molecule has 2 atom stereocenters. The van der Waals surface area contributed by atoms with Crippen LogP contribution in [0.15, 0.2) is 45.7 Å². The van der Waals surface area contributed by atoms with E-state index in [1.165, 1.54) is 15.3 Å². The molecule has 0 saturated heterocycles. The van der Waals surface area contributed by atoms with Gasteiger partial charge in [0.05, 0.1) is 11.8 Å². The van der Waals surface area contributed by atoms with Crippen molar-refractivity contribution in [2.24, 2.45) is 11.0 Å². The van der Waals surface area contributed by atoms with Gasteiger partial charge in [-0.05, 0) is 53.8 Å². The molecule has 3 nitrogen and oxygen atoms in total. The van der Waals surface area contributed by atoms with Crippen LogP contribution in [0.25, 0.3) is 6.08 Å². The van der Waals surface area contributed by atoms with Gasteiger partial charge in [0.1, 0.15) is 5.88 Å². The van der Waals surface area contributed by atoms with E-state index in [9.17, 15) is 4.79 Å². The molecule has 6 heteroatoms. The molecule has 1 aliphatic carbocycles. The summed E-state index contributed by atoms with van der Waals surface area (Å²) in [6.45, 7) is 0. The molecule has 2 aromatic rings. The third-order valence-corrected chi connectivity index (χ3v) is 6.56. The second-order valence-corrected chi connectivity index (χ2v) is 8.23. The summed E-state index contributed by atoms with van der Waals surface area (Å²) in [4.78, 5) is 14.8. The summed E-state index contributed by atoms with van der Waals surface area (Å²) in [5.74, 6) is 0.123. The van der Waals surface area contributed by atoms with Crippen molar-refractivity contribution in [1.82, 2.24) is 5.01 Å². The molecule has 24 heavy (non-hydrogen) atoms. The molecule has 1 amide bonds. The highest BCUT2D eigenvalue weighted by Crippen LogP contribution is 2.45. The fraction of sp³-hybridized carbons (Fsp3) is 0.333. The second kappa shape index (κ2) is 6.82. The average molecular weight is 377 g/mol. The third-order valence-electron chi connectivity index (χ3n) is 4.57. The zero-order valence-corrected chi connectivity index (χ0v) is 15.4. The molecule has 1 saturated carbocycles. The quantitative estimate of drug-likeness (QED) is 0.680. The van der Waals surface area contributed by atoms with Gasteiger partial charge in [-0.15, -0.1) is 34.3 Å². The Hall–Kier alpha value is -1.43. The van der Waals surface area contributed by atoms with Gasteiger partial charge in [-0.2, -0.15) is 5.10 Å². The smallest absolute Gasteiger partial charge is 0.258 e. The Labute approximate surface area is 154 Å². The lowest BCUT2D eigenvalue weighted by Gasteiger charge is -2.28. The monoisotopic (exact) mass is 376 g/mol. The van der Waals surface area contributed by atoms with Crippen LogP contribution in [-0.4, -0.2) is 22.5 Å². The van der Waals surface area contributed by atoms with Crippen LogP contribution < -0.4 is 0 Å². The summed E-state index contributed by atoms with van der Waals surface area (Å²) >= 11 is 9.25. The molecule has 0 bridgehead atoms. The Morgan fingerprint density at radius 3 is 2.88 bits per heavy atom. The van der Waals surface area contributed by atoms with E-state index in [2.05, 4.69) is 35.0 Å². The van der Waals surface area contributed by atoms with E-state index in [0.717, 1.165) is 25.0 Å². The Morgan fingerprint density at radius 2 is 2.17 bits per heavy atom. The lowest BCUT2D eigenvalue weighted by molar-refractivity contribution is -0.130. The van der Waals surface area contributed by atoms with E-state index < -0.39 is 0 Å². The summed E-state index contributed by atoms with van der Waals surface area (Å²) in [6.07, 6.45) is 5.45. The molecule has 1 fully saturated rings. The number of carbonyl (C=O) groups is 1. The SMILES string of the molecule is O=C(CCl)N1N=C2/C(=C\c3cccs3)CCC[C@H]2[C@@H]1c1cccs1. The van der Waals surface area contributed by atoms with Crippen LogP contribution in [0, 0.1) is 5.92 Å². The number of amides is 1. The second-order valence-electron chi connectivity index (χ2n) is 6.00. The van der Waals surface area contributed by atoms with Crippen molar-refractivity contribution in [3.63, 3.8) is 0 Å². The first-order valence-corrected chi connectivity index (χ1v) is 10.3. The Morgan fingerprint density at radius 1 is 1.33 bits per heavy atom. The Kier molecular flexibility index (Phi) is 4.57. The lowest BCUT2D eigenvalue weighted by Crippen LogP contribution is -2.31. The van der Waals surface area contributed by atoms with Crippen LogP contribution in [0.5, 0.6) is 0 Å². The van der Waals surface area contributed by atoms with Crippen molar-refractivity contribution < 1.29 is 4.79 Å². The van der Waals surface area contributed by atoms with Gasteiger partial charge in [0.25, 0.3) is 5.91 Å². The number of fused-ring (bicyclic) bond motifs is 1. The number of thiophene rings is 2. The van der Waals surface area contributed by atoms with Crippen molar-refractivity contribution in [2.45, 2.75) is 25.3 Å². The van der Waals surface area contributed by atoms with Gasteiger partial charge >= 0.3 is 0 Å². The third kappa shape index (κ3) is 2.85. The minimum atomic E-state index is -0.118. The van der Waals surface area contributed by atoms with E-state index in [-0.39, 0.29) is 23.7 Å². The highest BCUT2D eigenvalue weighted by Gasteiger charge is 2.43. The van der Waals surface area contributed by atoms with E-state index in [1.807, 2.05) is 6.07 Å². The molecule has 4 rings (SSSR count). The van der Waals surface area contributed by atoms with Crippen molar-refractivity contribution in [3.8, 4) is 0 Å². The summed E-state index contributed by atoms with van der Waals surface area (Å²) in [5, 5.41) is 10.5. The molecule has 2 aromatic heterocycles. The van der Waals surface area contributed by atoms with Crippen molar-refractivity contribution in [1.29, 1.82) is 0 Å². The number of hydrogen-bond donors (Lipinski definition) is 0. The minimum absolute atomic E-state index is 0.00159. The van der Waals surface area contributed by atoms with Crippen molar-refractivity contribution in [2.75, 3.05) is 5.88 Å². The summed E-state index contributed by atoms with van der Waals surface area (Å²) in [7, 11) is 0. The van der Waals surface area contributed by atoms with Crippen LogP contribution in [0.2, 0.25) is 0 Å². The number of carbonyl (C=O) groups excluding carboxylic acids is 1. The number of hydrazone groups is 1. The highest BCUT2D eigenvalue weighted by atomic mass is 35.5. The van der Waals surface area contributed by atoms with Crippen LogP contribution in [0.4, 0.5) is 0 Å². The number of allylic oxidation sites excluding steroid dienone is 1. The molecule has 2 aliphatic rings. The largest absolute Gasteiger partial charge is 0.272 e. The maximum absolute atomic E-state index is 12.4. The van der Waals surface area contributed by atoms with E-state index in [4.69, 9.17) is 16.7 Å². The molecule has 124 valence electrons. The number of halogens is 1. The van der Waals surface area contributed by atoms with Gasteiger partial charge in [0.15, 0.2) is 0 Å². The molecule has 0 spiro atoms. The average Bonchev–Trinajstić information content (AvgIpc) is 3.33. The van der Waals surface area contributed by atoms with Crippen LogP contribution in [0.1, 0.15) is 35.1 Å². The summed E-state index contributed by atoms with van der Waals surface area (Å²) in [5.41, 5.74) is 2.34. The number of rotatable bonds is 3. The van der Waals surface area contributed by atoms with E-state index in [0.29, 0.717) is 0 Å². The van der Waals surface area contributed by atoms with Gasteiger partial charge in [-0.3, -0.25) is 4.79 Å². The zero-order chi connectivity index (χ0) is 16.5. The van der Waals surface area contributed by atoms with Crippen LogP contribution in [-0.2, 0) is 4.79 Å². The normalized spacial score (nSPS) is 25.0. The van der Waals surface area contributed by atoms with Gasteiger partial charge < -0.3 is 0 Å². The predicted octanol–water partition coefficient (Wildman–Crippen LogP) is 5.17. The first-order chi connectivity index (χ1) is 11.8.